The lowest BCUT2D eigenvalue weighted by molar-refractivity contribution is -0.127. The molecule has 1 amide bonds. The Morgan fingerprint density at radius 1 is 1.23 bits per heavy atom. The van der Waals surface area contributed by atoms with E-state index in [0.29, 0.717) is 23.3 Å². The number of morpholine rings is 1. The van der Waals surface area contributed by atoms with Crippen molar-refractivity contribution in [2.24, 2.45) is 0 Å². The molecule has 3 heterocycles. The number of benzene rings is 2. The maximum atomic E-state index is 12.6. The summed E-state index contributed by atoms with van der Waals surface area (Å²) in [7, 11) is 3.25. The SMILES string of the molecule is C=CC(=O)N1CC(Nc2ncc3cc(-c4c(Cl)c(OC)cc(OC)c4CC)ccc3n2)CC1CN1CCOCC1. The molecule has 1 N–H and O–H groups in total. The van der Waals surface area contributed by atoms with Gasteiger partial charge in [0.2, 0.25) is 11.9 Å². The summed E-state index contributed by atoms with van der Waals surface area (Å²) in [5.74, 6) is 1.79. The highest BCUT2D eigenvalue weighted by Gasteiger charge is 2.36. The second-order valence-electron chi connectivity index (χ2n) is 10.1. The molecule has 9 nitrogen and oxygen atoms in total. The smallest absolute Gasteiger partial charge is 0.246 e. The minimum Gasteiger partial charge on any atom is -0.496 e. The largest absolute Gasteiger partial charge is 0.496 e. The van der Waals surface area contributed by atoms with Crippen LogP contribution >= 0.6 is 11.6 Å². The summed E-state index contributed by atoms with van der Waals surface area (Å²) < 4.78 is 16.6. The molecular formula is C30H36ClN5O4. The van der Waals surface area contributed by atoms with Crippen LogP contribution in [0.2, 0.25) is 5.02 Å². The van der Waals surface area contributed by atoms with Crippen LogP contribution in [0.3, 0.4) is 0 Å². The maximum absolute atomic E-state index is 12.6. The zero-order valence-corrected chi connectivity index (χ0v) is 24.0. The molecule has 0 saturated carbocycles. The lowest BCUT2D eigenvalue weighted by Gasteiger charge is -2.32. The van der Waals surface area contributed by atoms with Crippen molar-refractivity contribution in [1.82, 2.24) is 19.8 Å². The molecule has 2 aliphatic heterocycles. The number of amides is 1. The highest BCUT2D eigenvalue weighted by molar-refractivity contribution is 6.35. The average molecular weight is 566 g/mol. The van der Waals surface area contributed by atoms with Crippen LogP contribution in [-0.2, 0) is 16.0 Å². The van der Waals surface area contributed by atoms with Gasteiger partial charge in [-0.05, 0) is 36.6 Å². The van der Waals surface area contributed by atoms with E-state index in [1.54, 1.807) is 14.2 Å². The zero-order chi connectivity index (χ0) is 28.2. The number of anilines is 1. The molecule has 2 saturated heterocycles. The van der Waals surface area contributed by atoms with Crippen molar-refractivity contribution in [3.8, 4) is 22.6 Å². The third-order valence-electron chi connectivity index (χ3n) is 7.74. The van der Waals surface area contributed by atoms with E-state index in [9.17, 15) is 4.79 Å². The van der Waals surface area contributed by atoms with Crippen LogP contribution in [0, 0.1) is 0 Å². The van der Waals surface area contributed by atoms with Crippen molar-refractivity contribution < 1.29 is 19.0 Å². The molecule has 1 aromatic heterocycles. The van der Waals surface area contributed by atoms with Gasteiger partial charge in [-0.25, -0.2) is 9.97 Å². The number of methoxy groups -OCH3 is 2. The molecule has 5 rings (SSSR count). The molecule has 0 spiro atoms. The lowest BCUT2D eigenvalue weighted by Crippen LogP contribution is -2.46. The van der Waals surface area contributed by atoms with E-state index in [1.807, 2.05) is 35.4 Å². The summed E-state index contributed by atoms with van der Waals surface area (Å²) in [6, 6.07) is 7.99. The fourth-order valence-electron chi connectivity index (χ4n) is 5.74. The number of likely N-dealkylation sites (tertiary alicyclic amines) is 1. The van der Waals surface area contributed by atoms with E-state index in [-0.39, 0.29) is 18.0 Å². The maximum Gasteiger partial charge on any atom is 0.246 e. The molecule has 40 heavy (non-hydrogen) atoms. The Morgan fingerprint density at radius 2 is 2.00 bits per heavy atom. The van der Waals surface area contributed by atoms with E-state index in [2.05, 4.69) is 28.7 Å². The molecule has 0 aliphatic carbocycles. The van der Waals surface area contributed by atoms with E-state index in [4.69, 9.17) is 30.8 Å². The third-order valence-corrected chi connectivity index (χ3v) is 8.11. The summed E-state index contributed by atoms with van der Waals surface area (Å²) in [5, 5.41) is 4.90. The summed E-state index contributed by atoms with van der Waals surface area (Å²) in [6.07, 6.45) is 4.77. The van der Waals surface area contributed by atoms with Gasteiger partial charge in [-0.1, -0.05) is 31.2 Å². The number of ether oxygens (including phenoxy) is 3. The molecular weight excluding hydrogens is 530 g/mol. The van der Waals surface area contributed by atoms with Gasteiger partial charge in [-0.15, -0.1) is 0 Å². The number of hydrogen-bond acceptors (Lipinski definition) is 8. The van der Waals surface area contributed by atoms with Crippen molar-refractivity contribution in [1.29, 1.82) is 0 Å². The van der Waals surface area contributed by atoms with Gasteiger partial charge in [0.05, 0.1) is 38.0 Å². The molecule has 2 aliphatic rings. The number of carbonyl (C=O) groups is 1. The predicted molar refractivity (Wildman–Crippen MR) is 157 cm³/mol. The standard InChI is InChI=1S/C30H36ClN5O4/c1-5-23-25(38-3)15-26(39-4)29(31)28(23)19-7-8-24-20(13-19)16-32-30(34-24)33-21-14-22(36(17-21)27(37)6-2)18-35-9-11-40-12-10-35/h6-8,13,15-16,21-22H,2,5,9-12,14,17-18H2,1,3-4H3,(H,32,33,34). The first kappa shape index (κ1) is 28.1. The first-order valence-corrected chi connectivity index (χ1v) is 14.0. The third kappa shape index (κ3) is 5.73. The molecule has 212 valence electrons. The van der Waals surface area contributed by atoms with Crippen molar-refractivity contribution in [2.45, 2.75) is 31.8 Å². The zero-order valence-electron chi connectivity index (χ0n) is 23.3. The fourth-order valence-corrected chi connectivity index (χ4v) is 6.09. The van der Waals surface area contributed by atoms with Crippen molar-refractivity contribution >= 4 is 34.4 Å². The summed E-state index contributed by atoms with van der Waals surface area (Å²) in [6.45, 7) is 10.4. The van der Waals surface area contributed by atoms with Gasteiger partial charge in [0.15, 0.2) is 0 Å². The highest BCUT2D eigenvalue weighted by atomic mass is 35.5. The number of rotatable bonds is 9. The van der Waals surface area contributed by atoms with Crippen molar-refractivity contribution in [3.63, 3.8) is 0 Å². The number of carbonyl (C=O) groups excluding carboxylic acids is 1. The van der Waals surface area contributed by atoms with Crippen LogP contribution in [0.15, 0.2) is 43.1 Å². The molecule has 2 aromatic carbocycles. The minimum absolute atomic E-state index is 0.0434. The van der Waals surface area contributed by atoms with Gasteiger partial charge in [0.1, 0.15) is 11.5 Å². The van der Waals surface area contributed by atoms with Crippen molar-refractivity contribution in [2.75, 3.05) is 58.9 Å². The van der Waals surface area contributed by atoms with Gasteiger partial charge in [0, 0.05) is 67.0 Å². The summed E-state index contributed by atoms with van der Waals surface area (Å²) in [4.78, 5) is 26.3. The summed E-state index contributed by atoms with van der Waals surface area (Å²) in [5.41, 5.74) is 3.65. The fraction of sp³-hybridized carbons (Fsp3) is 0.433. The highest BCUT2D eigenvalue weighted by Crippen LogP contribution is 2.44. The van der Waals surface area contributed by atoms with Crippen LogP contribution in [0.25, 0.3) is 22.0 Å². The Morgan fingerprint density at radius 3 is 2.70 bits per heavy atom. The van der Waals surface area contributed by atoms with Crippen LogP contribution < -0.4 is 14.8 Å². The molecule has 3 aromatic rings. The minimum atomic E-state index is -0.0474. The monoisotopic (exact) mass is 565 g/mol. The predicted octanol–water partition coefficient (Wildman–Crippen LogP) is 4.43. The molecule has 2 atom stereocenters. The van der Waals surface area contributed by atoms with Crippen LogP contribution in [0.5, 0.6) is 11.5 Å². The number of fused-ring (bicyclic) bond motifs is 1. The van der Waals surface area contributed by atoms with Gasteiger partial charge in [-0.2, -0.15) is 0 Å². The normalized spacial score (nSPS) is 19.6. The molecule has 2 unspecified atom stereocenters. The van der Waals surface area contributed by atoms with Gasteiger partial charge < -0.3 is 24.4 Å². The number of halogens is 1. The first-order chi connectivity index (χ1) is 19.4. The lowest BCUT2D eigenvalue weighted by atomic mass is 9.95. The number of aromatic nitrogens is 2. The Bertz CT molecular complexity index is 1390. The second-order valence-corrected chi connectivity index (χ2v) is 10.5. The Kier molecular flexibility index (Phi) is 8.73. The van der Waals surface area contributed by atoms with Crippen molar-refractivity contribution in [3.05, 3.63) is 53.7 Å². The second kappa shape index (κ2) is 12.4. The topological polar surface area (TPSA) is 89.1 Å². The van der Waals surface area contributed by atoms with Gasteiger partial charge >= 0.3 is 0 Å². The van der Waals surface area contributed by atoms with Crippen LogP contribution in [0.4, 0.5) is 5.95 Å². The Balaban J connectivity index is 1.37. The quantitative estimate of drug-likeness (QED) is 0.381. The molecule has 2 fully saturated rings. The van der Waals surface area contributed by atoms with Gasteiger partial charge in [0.25, 0.3) is 0 Å². The summed E-state index contributed by atoms with van der Waals surface area (Å²) >= 11 is 6.78. The first-order valence-electron chi connectivity index (χ1n) is 13.7. The number of hydrogen-bond donors (Lipinski definition) is 1. The average Bonchev–Trinajstić information content (AvgIpc) is 3.38. The Labute approximate surface area is 240 Å². The van der Waals surface area contributed by atoms with E-state index < -0.39 is 0 Å². The Hall–Kier alpha value is -3.40. The number of nitrogens with zero attached hydrogens (tertiary/aromatic N) is 4. The van der Waals surface area contributed by atoms with Crippen LogP contribution in [0.1, 0.15) is 18.9 Å². The van der Waals surface area contributed by atoms with E-state index in [1.165, 1.54) is 6.08 Å². The van der Waals surface area contributed by atoms with Gasteiger partial charge in [-0.3, -0.25) is 9.69 Å². The molecule has 0 bridgehead atoms. The molecule has 10 heteroatoms. The van der Waals surface area contributed by atoms with E-state index in [0.717, 1.165) is 79.0 Å². The van der Waals surface area contributed by atoms with E-state index >= 15 is 0 Å². The molecule has 0 radical (unpaired) electrons. The van der Waals surface area contributed by atoms with Crippen LogP contribution in [-0.4, -0.2) is 91.4 Å². The number of nitrogens with one attached hydrogen (secondary N) is 1.